The number of nitrogens with zero attached hydrogens (tertiary/aromatic N) is 2. The van der Waals surface area contributed by atoms with Crippen LogP contribution < -0.4 is 15.1 Å². The Balaban J connectivity index is 1.65. The molecule has 2 aromatic carbocycles. The molecule has 6 nitrogen and oxygen atoms in total. The van der Waals surface area contributed by atoms with E-state index in [1.807, 2.05) is 30.3 Å². The quantitative estimate of drug-likeness (QED) is 0.355. The van der Waals surface area contributed by atoms with Crippen molar-refractivity contribution in [2.45, 2.75) is 32.2 Å². The van der Waals surface area contributed by atoms with Crippen molar-refractivity contribution < 1.29 is 13.9 Å². The van der Waals surface area contributed by atoms with Crippen LogP contribution in [0.5, 0.6) is 5.75 Å². The van der Waals surface area contributed by atoms with Gasteiger partial charge in [0.2, 0.25) is 5.76 Å². The molecule has 0 aliphatic carbocycles. The molecule has 0 unspecified atom stereocenters. The van der Waals surface area contributed by atoms with E-state index in [1.165, 1.54) is 4.90 Å². The van der Waals surface area contributed by atoms with Crippen molar-refractivity contribution in [2.24, 2.45) is 0 Å². The minimum absolute atomic E-state index is 0.0589. The maximum absolute atomic E-state index is 13.6. The van der Waals surface area contributed by atoms with Gasteiger partial charge in [0.1, 0.15) is 17.2 Å². The number of pyridine rings is 1. The molecule has 3 heterocycles. The van der Waals surface area contributed by atoms with Gasteiger partial charge in [-0.2, -0.15) is 0 Å². The van der Waals surface area contributed by atoms with Gasteiger partial charge in [-0.3, -0.25) is 14.5 Å². The summed E-state index contributed by atoms with van der Waals surface area (Å²) in [5, 5.41) is 0.448. The van der Waals surface area contributed by atoms with E-state index < -0.39 is 6.04 Å². The average molecular weight is 440 g/mol. The van der Waals surface area contributed by atoms with Crippen LogP contribution in [0.15, 0.2) is 82.1 Å². The lowest BCUT2D eigenvalue weighted by molar-refractivity contribution is 0.0970. The molecule has 1 atom stereocenters. The van der Waals surface area contributed by atoms with E-state index in [4.69, 9.17) is 9.15 Å². The molecule has 1 aliphatic heterocycles. The highest BCUT2D eigenvalue weighted by Crippen LogP contribution is 2.41. The van der Waals surface area contributed by atoms with Crippen LogP contribution in [0.25, 0.3) is 11.0 Å². The maximum Gasteiger partial charge on any atom is 0.296 e. The third-order valence-electron chi connectivity index (χ3n) is 5.86. The Bertz CT molecular complexity index is 1360. The number of ether oxygens (including phenoxy) is 1. The van der Waals surface area contributed by atoms with E-state index in [9.17, 15) is 9.59 Å². The summed E-state index contributed by atoms with van der Waals surface area (Å²) in [4.78, 5) is 33.0. The van der Waals surface area contributed by atoms with E-state index >= 15 is 0 Å². The van der Waals surface area contributed by atoms with Gasteiger partial charge in [-0.05, 0) is 48.4 Å². The van der Waals surface area contributed by atoms with Crippen molar-refractivity contribution in [2.75, 3.05) is 11.5 Å². The molecule has 5 rings (SSSR count). The number of rotatable bonds is 7. The van der Waals surface area contributed by atoms with Gasteiger partial charge in [-0.15, -0.1) is 0 Å². The second kappa shape index (κ2) is 8.90. The zero-order valence-corrected chi connectivity index (χ0v) is 18.4. The molecule has 6 heteroatoms. The zero-order chi connectivity index (χ0) is 22.8. The third kappa shape index (κ3) is 3.78. The number of aromatic nitrogens is 1. The summed E-state index contributed by atoms with van der Waals surface area (Å²) < 4.78 is 11.9. The molecule has 0 radical (unpaired) electrons. The van der Waals surface area contributed by atoms with Gasteiger partial charge in [0.25, 0.3) is 5.91 Å². The topological polar surface area (TPSA) is 72.6 Å². The molecule has 0 spiro atoms. The van der Waals surface area contributed by atoms with Crippen LogP contribution in [0.2, 0.25) is 0 Å². The summed E-state index contributed by atoms with van der Waals surface area (Å²) in [6.45, 7) is 2.77. The van der Waals surface area contributed by atoms with Crippen LogP contribution in [0, 0.1) is 0 Å². The summed E-state index contributed by atoms with van der Waals surface area (Å²) in [6.07, 6.45) is 4.82. The van der Waals surface area contributed by atoms with Crippen LogP contribution in [0.3, 0.4) is 0 Å². The lowest BCUT2D eigenvalue weighted by Gasteiger charge is -2.24. The molecule has 0 N–H and O–H groups in total. The maximum atomic E-state index is 13.6. The lowest BCUT2D eigenvalue weighted by Crippen LogP contribution is -2.30. The first kappa shape index (κ1) is 20.9. The molecule has 2 aromatic heterocycles. The van der Waals surface area contributed by atoms with Crippen molar-refractivity contribution in [1.82, 2.24) is 4.98 Å². The number of carbonyl (C=O) groups excluding carboxylic acids is 1. The predicted octanol–water partition coefficient (Wildman–Crippen LogP) is 5.51. The minimum Gasteiger partial charge on any atom is -0.494 e. The van der Waals surface area contributed by atoms with E-state index in [0.29, 0.717) is 34.7 Å². The Hall–Kier alpha value is -3.93. The molecule has 33 heavy (non-hydrogen) atoms. The van der Waals surface area contributed by atoms with Gasteiger partial charge in [-0.25, -0.2) is 4.98 Å². The van der Waals surface area contributed by atoms with Crippen molar-refractivity contribution in [1.29, 1.82) is 0 Å². The van der Waals surface area contributed by atoms with Gasteiger partial charge in [-0.1, -0.05) is 50.1 Å². The molecule has 0 saturated heterocycles. The van der Waals surface area contributed by atoms with Crippen molar-refractivity contribution in [3.8, 4) is 5.75 Å². The third-order valence-corrected chi connectivity index (χ3v) is 5.86. The van der Waals surface area contributed by atoms with E-state index in [-0.39, 0.29) is 17.1 Å². The first-order chi connectivity index (χ1) is 16.2. The Morgan fingerprint density at radius 1 is 1.00 bits per heavy atom. The molecule has 0 bridgehead atoms. The minimum atomic E-state index is -0.664. The Labute approximate surface area is 191 Å². The molecule has 1 amide bonds. The standard InChI is InChI=1S/C27H24N2O4/c1-2-3-8-16-32-19-11-9-10-18(17-19)24-23-25(30)20-12-4-5-13-21(20)33-26(23)27(31)29(24)22-14-6-7-15-28-22/h4-7,9-15,17,24H,2-3,8,16H2,1H3/t24-/m1/s1. The molecule has 166 valence electrons. The van der Waals surface area contributed by atoms with Gasteiger partial charge in [0, 0.05) is 6.20 Å². The highest BCUT2D eigenvalue weighted by Gasteiger charge is 2.44. The van der Waals surface area contributed by atoms with Gasteiger partial charge >= 0.3 is 0 Å². The van der Waals surface area contributed by atoms with Gasteiger partial charge < -0.3 is 9.15 Å². The number of carbonyl (C=O) groups is 1. The van der Waals surface area contributed by atoms with Crippen molar-refractivity contribution in [3.05, 3.63) is 100 Å². The van der Waals surface area contributed by atoms with Crippen LogP contribution in [-0.4, -0.2) is 17.5 Å². The fourth-order valence-electron chi connectivity index (χ4n) is 4.28. The smallest absolute Gasteiger partial charge is 0.296 e. The summed E-state index contributed by atoms with van der Waals surface area (Å²) in [6, 6.07) is 19.3. The van der Waals surface area contributed by atoms with Crippen LogP contribution in [0.1, 0.15) is 53.9 Å². The van der Waals surface area contributed by atoms with Gasteiger partial charge in [0.05, 0.1) is 23.6 Å². The molecule has 0 saturated carbocycles. The molecule has 1 aliphatic rings. The molecular formula is C27H24N2O4. The number of anilines is 1. The molecule has 4 aromatic rings. The summed E-state index contributed by atoms with van der Waals surface area (Å²) in [7, 11) is 0. The lowest BCUT2D eigenvalue weighted by atomic mass is 9.98. The summed E-state index contributed by atoms with van der Waals surface area (Å²) >= 11 is 0. The molecule has 0 fully saturated rings. The first-order valence-electron chi connectivity index (χ1n) is 11.2. The fraction of sp³-hybridized carbons (Fsp3) is 0.222. The normalized spacial score (nSPS) is 15.1. The highest BCUT2D eigenvalue weighted by atomic mass is 16.5. The number of fused-ring (bicyclic) bond motifs is 2. The van der Waals surface area contributed by atoms with E-state index in [0.717, 1.165) is 24.8 Å². The number of benzene rings is 2. The summed E-state index contributed by atoms with van der Waals surface area (Å²) in [5.41, 5.74) is 1.28. The second-order valence-electron chi connectivity index (χ2n) is 8.06. The monoisotopic (exact) mass is 440 g/mol. The Morgan fingerprint density at radius 3 is 2.67 bits per heavy atom. The average Bonchev–Trinajstić information content (AvgIpc) is 3.15. The van der Waals surface area contributed by atoms with E-state index in [1.54, 1.807) is 42.6 Å². The number of para-hydroxylation sites is 1. The number of hydrogen-bond donors (Lipinski definition) is 0. The first-order valence-corrected chi connectivity index (χ1v) is 11.2. The predicted molar refractivity (Wildman–Crippen MR) is 127 cm³/mol. The SMILES string of the molecule is CCCCCOc1cccc([C@@H]2c3c(oc4ccccc4c3=O)C(=O)N2c2ccccn2)c1. The van der Waals surface area contributed by atoms with Crippen LogP contribution in [0.4, 0.5) is 5.82 Å². The largest absolute Gasteiger partial charge is 0.494 e. The summed E-state index contributed by atoms with van der Waals surface area (Å²) in [5.74, 6) is 0.835. The Kier molecular flexibility index (Phi) is 5.65. The van der Waals surface area contributed by atoms with Crippen LogP contribution >= 0.6 is 0 Å². The van der Waals surface area contributed by atoms with Crippen LogP contribution in [-0.2, 0) is 0 Å². The Morgan fingerprint density at radius 2 is 1.85 bits per heavy atom. The van der Waals surface area contributed by atoms with Crippen molar-refractivity contribution in [3.63, 3.8) is 0 Å². The zero-order valence-electron chi connectivity index (χ0n) is 18.4. The number of hydrogen-bond acceptors (Lipinski definition) is 5. The van der Waals surface area contributed by atoms with Gasteiger partial charge in [0.15, 0.2) is 5.43 Å². The fourth-order valence-corrected chi connectivity index (χ4v) is 4.28. The van der Waals surface area contributed by atoms with E-state index in [2.05, 4.69) is 11.9 Å². The highest BCUT2D eigenvalue weighted by molar-refractivity contribution is 6.10. The molecular weight excluding hydrogens is 416 g/mol. The second-order valence-corrected chi connectivity index (χ2v) is 8.06. The number of unbranched alkanes of at least 4 members (excludes halogenated alkanes) is 2. The van der Waals surface area contributed by atoms with Crippen molar-refractivity contribution >= 4 is 22.7 Å². The number of amides is 1.